The molecule has 0 saturated heterocycles. The van der Waals surface area contributed by atoms with E-state index in [0.717, 1.165) is 38.9 Å². The summed E-state index contributed by atoms with van der Waals surface area (Å²) in [7, 11) is 0. The maximum atomic E-state index is 10.9. The Bertz CT molecular complexity index is 744. The highest BCUT2D eigenvalue weighted by atomic mass is 79.9. The highest BCUT2D eigenvalue weighted by Gasteiger charge is 2.23. The molecule has 3 nitrogen and oxygen atoms in total. The number of rotatable bonds is 2. The van der Waals surface area contributed by atoms with Crippen LogP contribution in [0.25, 0.3) is 0 Å². The summed E-state index contributed by atoms with van der Waals surface area (Å²) < 4.78 is 0.942. The van der Waals surface area contributed by atoms with Crippen molar-refractivity contribution in [3.8, 4) is 0 Å². The summed E-state index contributed by atoms with van der Waals surface area (Å²) in [5.74, 6) is 0. The van der Waals surface area contributed by atoms with E-state index in [1.165, 1.54) is 0 Å². The first-order valence-electron chi connectivity index (χ1n) is 6.06. The van der Waals surface area contributed by atoms with Gasteiger partial charge in [-0.05, 0) is 51.7 Å². The minimum atomic E-state index is 0.514. The van der Waals surface area contributed by atoms with E-state index in [2.05, 4.69) is 25.9 Å². The molecule has 0 bridgehead atoms. The van der Waals surface area contributed by atoms with Crippen LogP contribution in [0.4, 0.5) is 0 Å². The van der Waals surface area contributed by atoms with Crippen molar-refractivity contribution in [3.63, 3.8) is 0 Å². The van der Waals surface area contributed by atoms with Crippen LogP contribution in [0.2, 0.25) is 0 Å². The fourth-order valence-electron chi connectivity index (χ4n) is 2.27. The monoisotopic (exact) mass is 348 g/mol. The van der Waals surface area contributed by atoms with Crippen molar-refractivity contribution < 1.29 is 4.79 Å². The number of allylic oxidation sites excluding steroid dienone is 5. The molecule has 0 atom stereocenters. The van der Waals surface area contributed by atoms with Gasteiger partial charge in [0, 0.05) is 28.9 Å². The highest BCUT2D eigenvalue weighted by Crippen LogP contribution is 2.36. The van der Waals surface area contributed by atoms with Crippen molar-refractivity contribution in [1.29, 1.82) is 0 Å². The largest absolute Gasteiger partial charge is 0.298 e. The second-order valence-electron chi connectivity index (χ2n) is 4.67. The second-order valence-corrected chi connectivity index (χ2v) is 5.93. The van der Waals surface area contributed by atoms with Crippen LogP contribution in [-0.4, -0.2) is 17.0 Å². The van der Waals surface area contributed by atoms with Crippen LogP contribution in [0, 0.1) is 6.92 Å². The number of pyridine rings is 1. The van der Waals surface area contributed by atoms with Gasteiger partial charge in [0.1, 0.15) is 6.29 Å². The van der Waals surface area contributed by atoms with E-state index in [1.807, 2.05) is 13.0 Å². The molecule has 3 rings (SSSR count). The van der Waals surface area contributed by atoms with E-state index in [4.69, 9.17) is 11.6 Å². The SMILES string of the molecule is Cc1c(Br)cncc1C1=NC2=C(Cl)C=C(C=O)CC2=C1. The van der Waals surface area contributed by atoms with Gasteiger partial charge in [-0.15, -0.1) is 0 Å². The lowest BCUT2D eigenvalue weighted by Gasteiger charge is -2.10. The average Bonchev–Trinajstić information content (AvgIpc) is 2.86. The zero-order chi connectivity index (χ0) is 14.3. The maximum Gasteiger partial charge on any atom is 0.146 e. The Kier molecular flexibility index (Phi) is 3.44. The summed E-state index contributed by atoms with van der Waals surface area (Å²) in [6.07, 6.45) is 8.61. The lowest BCUT2D eigenvalue weighted by atomic mass is 9.97. The molecule has 20 heavy (non-hydrogen) atoms. The van der Waals surface area contributed by atoms with Gasteiger partial charge in [0.15, 0.2) is 0 Å². The van der Waals surface area contributed by atoms with Gasteiger partial charge < -0.3 is 0 Å². The van der Waals surface area contributed by atoms with E-state index in [-0.39, 0.29) is 0 Å². The molecule has 1 aliphatic heterocycles. The first-order valence-corrected chi connectivity index (χ1v) is 7.23. The molecule has 0 unspecified atom stereocenters. The number of hydrogen-bond donors (Lipinski definition) is 0. The Hall–Kier alpha value is -1.52. The number of fused-ring (bicyclic) bond motifs is 1. The zero-order valence-corrected chi connectivity index (χ0v) is 13.0. The summed E-state index contributed by atoms with van der Waals surface area (Å²) >= 11 is 9.66. The highest BCUT2D eigenvalue weighted by molar-refractivity contribution is 9.10. The molecule has 2 heterocycles. The number of carbonyl (C=O) groups is 1. The molecule has 5 heteroatoms. The molecule has 0 fully saturated rings. The van der Waals surface area contributed by atoms with Crippen LogP contribution in [-0.2, 0) is 4.79 Å². The van der Waals surface area contributed by atoms with Gasteiger partial charge in [-0.3, -0.25) is 9.78 Å². The van der Waals surface area contributed by atoms with Gasteiger partial charge in [-0.2, -0.15) is 0 Å². The first-order chi connectivity index (χ1) is 9.60. The van der Waals surface area contributed by atoms with Crippen LogP contribution in [0.3, 0.4) is 0 Å². The van der Waals surface area contributed by atoms with Gasteiger partial charge in [0.25, 0.3) is 0 Å². The molecule has 0 aromatic carbocycles. The van der Waals surface area contributed by atoms with Crippen molar-refractivity contribution in [3.05, 3.63) is 62.0 Å². The zero-order valence-electron chi connectivity index (χ0n) is 10.7. The standard InChI is InChI=1S/C15H10BrClN2O/c1-8-11(5-18-6-12(8)16)14-4-10-2-9(7-20)3-13(17)15(10)19-14/h3-7H,2H2,1H3. The van der Waals surface area contributed by atoms with Gasteiger partial charge in [-0.1, -0.05) is 11.6 Å². The minimum Gasteiger partial charge on any atom is -0.298 e. The maximum absolute atomic E-state index is 10.9. The van der Waals surface area contributed by atoms with Crippen molar-refractivity contribution in [2.24, 2.45) is 4.99 Å². The van der Waals surface area contributed by atoms with Crippen LogP contribution in [0.5, 0.6) is 0 Å². The van der Waals surface area contributed by atoms with Gasteiger partial charge in [-0.25, -0.2) is 4.99 Å². The number of nitrogens with zero attached hydrogens (tertiary/aromatic N) is 2. The Morgan fingerprint density at radius 2 is 2.15 bits per heavy atom. The Morgan fingerprint density at radius 3 is 2.90 bits per heavy atom. The molecule has 1 aromatic heterocycles. The third kappa shape index (κ3) is 2.19. The summed E-state index contributed by atoms with van der Waals surface area (Å²) in [6.45, 7) is 2.01. The van der Waals surface area contributed by atoms with Crippen molar-refractivity contribution in [2.75, 3.05) is 0 Å². The number of carbonyl (C=O) groups excluding carboxylic acids is 1. The Balaban J connectivity index is 2.08. The van der Waals surface area contributed by atoms with E-state index < -0.39 is 0 Å². The number of aliphatic imine (C=N–C) groups is 1. The van der Waals surface area contributed by atoms with Crippen LogP contribution < -0.4 is 0 Å². The number of aromatic nitrogens is 1. The predicted molar refractivity (Wildman–Crippen MR) is 82.9 cm³/mol. The van der Waals surface area contributed by atoms with Gasteiger partial charge in [0.2, 0.25) is 0 Å². The Labute approximate surface area is 129 Å². The molecule has 0 saturated carbocycles. The third-order valence-electron chi connectivity index (χ3n) is 3.36. The molecule has 0 radical (unpaired) electrons. The molecular weight excluding hydrogens is 340 g/mol. The fourth-order valence-corrected chi connectivity index (χ4v) is 2.91. The molecule has 100 valence electrons. The average molecular weight is 350 g/mol. The molecule has 1 aromatic rings. The van der Waals surface area contributed by atoms with E-state index in [9.17, 15) is 4.79 Å². The fraction of sp³-hybridized carbons (Fsp3) is 0.133. The number of aldehydes is 1. The van der Waals surface area contributed by atoms with Crippen LogP contribution in [0.1, 0.15) is 17.5 Å². The van der Waals surface area contributed by atoms with Crippen LogP contribution in [0.15, 0.2) is 55.9 Å². The molecule has 1 aliphatic carbocycles. The number of hydrogen-bond acceptors (Lipinski definition) is 3. The summed E-state index contributed by atoms with van der Waals surface area (Å²) in [4.78, 5) is 19.7. The molecule has 0 amide bonds. The van der Waals surface area contributed by atoms with Gasteiger partial charge in [0.05, 0.1) is 16.4 Å². The van der Waals surface area contributed by atoms with Crippen molar-refractivity contribution in [2.45, 2.75) is 13.3 Å². The lowest BCUT2D eigenvalue weighted by molar-refractivity contribution is -0.105. The first kappa shape index (κ1) is 13.5. The normalized spacial score (nSPS) is 17.4. The minimum absolute atomic E-state index is 0.514. The van der Waals surface area contributed by atoms with E-state index >= 15 is 0 Å². The second kappa shape index (κ2) is 5.11. The summed E-state index contributed by atoms with van der Waals surface area (Å²) in [6, 6.07) is 0. The van der Waals surface area contributed by atoms with E-state index in [1.54, 1.807) is 18.5 Å². The topological polar surface area (TPSA) is 42.3 Å². The van der Waals surface area contributed by atoms with Crippen LogP contribution >= 0.6 is 27.5 Å². The van der Waals surface area contributed by atoms with Crippen molar-refractivity contribution >= 4 is 39.5 Å². The molecule has 0 spiro atoms. The molecular formula is C15H10BrClN2O. The van der Waals surface area contributed by atoms with E-state index in [0.29, 0.717) is 17.0 Å². The summed E-state index contributed by atoms with van der Waals surface area (Å²) in [5.41, 5.74) is 5.28. The number of halogens is 2. The quantitative estimate of drug-likeness (QED) is 0.761. The smallest absolute Gasteiger partial charge is 0.146 e. The Morgan fingerprint density at radius 1 is 1.35 bits per heavy atom. The molecule has 2 aliphatic rings. The molecule has 0 N–H and O–H groups in total. The van der Waals surface area contributed by atoms with Crippen molar-refractivity contribution in [1.82, 2.24) is 4.98 Å². The summed E-state index contributed by atoms with van der Waals surface area (Å²) in [5, 5.41) is 0.514. The third-order valence-corrected chi connectivity index (χ3v) is 4.45. The predicted octanol–water partition coefficient (Wildman–Crippen LogP) is 3.86. The van der Waals surface area contributed by atoms with Gasteiger partial charge >= 0.3 is 0 Å². The lowest BCUT2D eigenvalue weighted by Crippen LogP contribution is -1.99.